The van der Waals surface area contributed by atoms with Crippen LogP contribution in [0.15, 0.2) is 40.2 Å². The smallest absolute Gasteiger partial charge is 0.264 e. The second kappa shape index (κ2) is 8.41. The third kappa shape index (κ3) is 4.26. The van der Waals surface area contributed by atoms with Crippen molar-refractivity contribution in [3.05, 3.63) is 62.5 Å². The first-order chi connectivity index (χ1) is 13.3. The minimum Gasteiger partial charge on any atom is -0.496 e. The van der Waals surface area contributed by atoms with E-state index in [2.05, 4.69) is 30.2 Å². The molecule has 0 atom stereocenters. The van der Waals surface area contributed by atoms with Crippen molar-refractivity contribution >= 4 is 46.2 Å². The van der Waals surface area contributed by atoms with E-state index >= 15 is 0 Å². The Kier molecular flexibility index (Phi) is 6.16. The Balaban J connectivity index is 1.94. The molecule has 1 heterocycles. The van der Waals surface area contributed by atoms with Crippen molar-refractivity contribution in [2.24, 2.45) is 4.99 Å². The predicted molar refractivity (Wildman–Crippen MR) is 119 cm³/mol. The van der Waals surface area contributed by atoms with Crippen LogP contribution in [-0.2, 0) is 4.79 Å². The zero-order valence-electron chi connectivity index (χ0n) is 16.6. The average Bonchev–Trinajstić information content (AvgIpc) is 2.99. The third-order valence-corrected chi connectivity index (χ3v) is 5.96. The molecular formula is C22H23ClN2O2S. The van der Waals surface area contributed by atoms with Gasteiger partial charge in [-0.3, -0.25) is 4.79 Å². The van der Waals surface area contributed by atoms with Gasteiger partial charge < -0.3 is 10.1 Å². The van der Waals surface area contributed by atoms with Crippen LogP contribution in [-0.4, -0.2) is 18.2 Å². The van der Waals surface area contributed by atoms with Crippen molar-refractivity contribution in [3.8, 4) is 5.75 Å². The molecule has 0 spiro atoms. The molecule has 146 valence electrons. The lowest BCUT2D eigenvalue weighted by Crippen LogP contribution is -2.19. The number of carbonyl (C=O) groups excluding carboxylic acids is 1. The molecule has 28 heavy (non-hydrogen) atoms. The van der Waals surface area contributed by atoms with Crippen molar-refractivity contribution in [3.63, 3.8) is 0 Å². The van der Waals surface area contributed by atoms with E-state index in [4.69, 9.17) is 16.3 Å². The number of benzene rings is 2. The number of hydrogen-bond acceptors (Lipinski definition) is 4. The summed E-state index contributed by atoms with van der Waals surface area (Å²) in [5.41, 5.74) is 4.81. The van der Waals surface area contributed by atoms with E-state index in [1.54, 1.807) is 7.11 Å². The van der Waals surface area contributed by atoms with Gasteiger partial charge in [-0.25, -0.2) is 4.99 Å². The highest BCUT2D eigenvalue weighted by atomic mass is 35.5. The maximum atomic E-state index is 12.5. The van der Waals surface area contributed by atoms with Crippen molar-refractivity contribution in [2.75, 3.05) is 7.11 Å². The van der Waals surface area contributed by atoms with Crippen molar-refractivity contribution < 1.29 is 9.53 Å². The number of nitrogens with zero attached hydrogens (tertiary/aromatic N) is 1. The van der Waals surface area contributed by atoms with Crippen LogP contribution in [0.3, 0.4) is 0 Å². The van der Waals surface area contributed by atoms with E-state index in [-0.39, 0.29) is 5.91 Å². The molecule has 1 saturated heterocycles. The van der Waals surface area contributed by atoms with Crippen LogP contribution in [0.2, 0.25) is 5.02 Å². The molecule has 2 aromatic carbocycles. The van der Waals surface area contributed by atoms with Crippen molar-refractivity contribution in [2.45, 2.75) is 33.6 Å². The van der Waals surface area contributed by atoms with Gasteiger partial charge >= 0.3 is 0 Å². The summed E-state index contributed by atoms with van der Waals surface area (Å²) in [6.45, 7) is 8.17. The Morgan fingerprint density at radius 1 is 1.25 bits per heavy atom. The molecule has 4 nitrogen and oxygen atoms in total. The molecule has 3 rings (SSSR count). The Labute approximate surface area is 175 Å². The molecule has 1 amide bonds. The van der Waals surface area contributed by atoms with E-state index in [0.717, 1.165) is 33.7 Å². The van der Waals surface area contributed by atoms with E-state index in [1.807, 2.05) is 44.2 Å². The fraction of sp³-hybridized carbons (Fsp3) is 0.273. The SMILES string of the molecule is COc1cc(C)c(/C=C2/SC(=Nc3cccc(Cl)c3C)NC2=O)cc1C(C)C. The summed E-state index contributed by atoms with van der Waals surface area (Å²) in [6.07, 6.45) is 1.91. The van der Waals surface area contributed by atoms with Crippen LogP contribution in [0.5, 0.6) is 5.75 Å². The lowest BCUT2D eigenvalue weighted by atomic mass is 9.96. The van der Waals surface area contributed by atoms with Gasteiger partial charge in [0.1, 0.15) is 5.75 Å². The van der Waals surface area contributed by atoms with Gasteiger partial charge in [-0.1, -0.05) is 31.5 Å². The van der Waals surface area contributed by atoms with Gasteiger partial charge in [0, 0.05) is 5.02 Å². The second-order valence-corrected chi connectivity index (χ2v) is 8.41. The van der Waals surface area contributed by atoms with Crippen LogP contribution in [0.25, 0.3) is 6.08 Å². The van der Waals surface area contributed by atoms with Gasteiger partial charge in [-0.2, -0.15) is 0 Å². The number of hydrogen-bond donors (Lipinski definition) is 1. The molecule has 1 aliphatic rings. The molecule has 1 N–H and O–H groups in total. The number of amides is 1. The highest BCUT2D eigenvalue weighted by molar-refractivity contribution is 8.18. The summed E-state index contributed by atoms with van der Waals surface area (Å²) >= 11 is 7.49. The number of nitrogens with one attached hydrogen (secondary N) is 1. The molecule has 0 unspecified atom stereocenters. The first kappa shape index (κ1) is 20.5. The molecule has 0 radical (unpaired) electrons. The molecule has 0 aromatic heterocycles. The highest BCUT2D eigenvalue weighted by Gasteiger charge is 2.24. The van der Waals surface area contributed by atoms with Crippen LogP contribution in [0.4, 0.5) is 5.69 Å². The van der Waals surface area contributed by atoms with Crippen LogP contribution in [0, 0.1) is 13.8 Å². The van der Waals surface area contributed by atoms with E-state index in [1.165, 1.54) is 11.8 Å². The number of carbonyl (C=O) groups is 1. The lowest BCUT2D eigenvalue weighted by molar-refractivity contribution is -0.115. The number of ether oxygens (including phenoxy) is 1. The van der Waals surface area contributed by atoms with Gasteiger partial charge in [0.05, 0.1) is 17.7 Å². The monoisotopic (exact) mass is 414 g/mol. The van der Waals surface area contributed by atoms with Crippen LogP contribution in [0.1, 0.15) is 42.0 Å². The number of aliphatic imine (C=N–C) groups is 1. The van der Waals surface area contributed by atoms with Gasteiger partial charge in [0.2, 0.25) is 0 Å². The molecular weight excluding hydrogens is 392 g/mol. The largest absolute Gasteiger partial charge is 0.496 e. The number of rotatable bonds is 4. The Hall–Kier alpha value is -2.24. The standard InChI is InChI=1S/C22H23ClN2O2S/c1-12(2)16-10-15(13(3)9-19(16)27-5)11-20-21(26)25-22(28-20)24-18-8-6-7-17(23)14(18)4/h6-12H,1-5H3,(H,24,25,26)/b20-11+. The molecule has 6 heteroatoms. The minimum atomic E-state index is -0.148. The van der Waals surface area contributed by atoms with E-state index in [9.17, 15) is 4.79 Å². The summed E-state index contributed by atoms with van der Waals surface area (Å²) in [6, 6.07) is 9.66. The Morgan fingerprint density at radius 3 is 2.68 bits per heavy atom. The second-order valence-electron chi connectivity index (χ2n) is 6.97. The molecule has 2 aromatic rings. The number of halogens is 1. The zero-order chi connectivity index (χ0) is 20.4. The third-order valence-electron chi connectivity index (χ3n) is 4.64. The van der Waals surface area contributed by atoms with Crippen LogP contribution >= 0.6 is 23.4 Å². The summed E-state index contributed by atoms with van der Waals surface area (Å²) in [5, 5.41) is 4.04. The molecule has 1 aliphatic heterocycles. The summed E-state index contributed by atoms with van der Waals surface area (Å²) in [5.74, 6) is 1.04. The van der Waals surface area contributed by atoms with Crippen LogP contribution < -0.4 is 10.1 Å². The fourth-order valence-electron chi connectivity index (χ4n) is 2.95. The summed E-state index contributed by atoms with van der Waals surface area (Å²) in [7, 11) is 1.68. The van der Waals surface area contributed by atoms with Crippen molar-refractivity contribution in [1.82, 2.24) is 5.32 Å². The lowest BCUT2D eigenvalue weighted by Gasteiger charge is -2.14. The van der Waals surface area contributed by atoms with Crippen molar-refractivity contribution in [1.29, 1.82) is 0 Å². The number of methoxy groups -OCH3 is 1. The van der Waals surface area contributed by atoms with Gasteiger partial charge in [0.25, 0.3) is 5.91 Å². The average molecular weight is 415 g/mol. The Bertz CT molecular complexity index is 996. The molecule has 0 bridgehead atoms. The van der Waals surface area contributed by atoms with Gasteiger partial charge in [-0.15, -0.1) is 0 Å². The van der Waals surface area contributed by atoms with Gasteiger partial charge in [-0.05, 0) is 84.1 Å². The topological polar surface area (TPSA) is 50.7 Å². The minimum absolute atomic E-state index is 0.148. The zero-order valence-corrected chi connectivity index (χ0v) is 18.2. The van der Waals surface area contributed by atoms with Gasteiger partial charge in [0.15, 0.2) is 5.17 Å². The quantitative estimate of drug-likeness (QED) is 0.626. The fourth-order valence-corrected chi connectivity index (χ4v) is 3.94. The number of amidine groups is 1. The summed E-state index contributed by atoms with van der Waals surface area (Å²) in [4.78, 5) is 17.6. The highest BCUT2D eigenvalue weighted by Crippen LogP contribution is 2.34. The Morgan fingerprint density at radius 2 is 2.00 bits per heavy atom. The maximum Gasteiger partial charge on any atom is 0.264 e. The maximum absolute atomic E-state index is 12.5. The summed E-state index contributed by atoms with van der Waals surface area (Å²) < 4.78 is 5.50. The first-order valence-corrected chi connectivity index (χ1v) is 10.2. The van der Waals surface area contributed by atoms with E-state index in [0.29, 0.717) is 21.0 Å². The van der Waals surface area contributed by atoms with E-state index < -0.39 is 0 Å². The molecule has 0 aliphatic carbocycles. The predicted octanol–water partition coefficient (Wildman–Crippen LogP) is 5.98. The molecule has 0 saturated carbocycles. The first-order valence-electron chi connectivity index (χ1n) is 9.03. The molecule has 1 fully saturated rings. The number of aryl methyl sites for hydroxylation is 1. The number of thioether (sulfide) groups is 1. The normalized spacial score (nSPS) is 16.9.